The molecule has 126 valence electrons. The first-order valence-electron chi connectivity index (χ1n) is 9.52. The molecule has 1 fully saturated rings. The van der Waals surface area contributed by atoms with Crippen molar-refractivity contribution in [2.24, 2.45) is 11.8 Å². The molecule has 1 rings (SSSR count). The van der Waals surface area contributed by atoms with Crippen molar-refractivity contribution < 1.29 is 0 Å². The molecule has 0 aromatic rings. The molecule has 0 aromatic heterocycles. The Balaban J connectivity index is 2.61. The molecule has 0 amide bonds. The van der Waals surface area contributed by atoms with Crippen LogP contribution in [-0.4, -0.2) is 36.6 Å². The molecule has 0 aromatic carbocycles. The zero-order chi connectivity index (χ0) is 15.7. The first-order chi connectivity index (χ1) is 10.0. The van der Waals surface area contributed by atoms with Gasteiger partial charge in [-0.05, 0) is 63.6 Å². The summed E-state index contributed by atoms with van der Waals surface area (Å²) in [5.41, 5.74) is 0. The molecular weight excluding hydrogens is 256 g/mol. The van der Waals surface area contributed by atoms with Crippen molar-refractivity contribution in [1.29, 1.82) is 0 Å². The molecule has 0 spiro atoms. The third-order valence-corrected chi connectivity index (χ3v) is 4.84. The van der Waals surface area contributed by atoms with Gasteiger partial charge in [0.15, 0.2) is 0 Å². The summed E-state index contributed by atoms with van der Waals surface area (Å²) in [5.74, 6) is 1.63. The molecular formula is C19H40N2. The summed E-state index contributed by atoms with van der Waals surface area (Å²) in [6.45, 7) is 15.5. The zero-order valence-corrected chi connectivity index (χ0v) is 15.3. The monoisotopic (exact) mass is 296 g/mol. The van der Waals surface area contributed by atoms with Crippen LogP contribution in [-0.2, 0) is 0 Å². The molecule has 0 saturated heterocycles. The third kappa shape index (κ3) is 7.65. The molecule has 1 aliphatic carbocycles. The van der Waals surface area contributed by atoms with Crippen molar-refractivity contribution in [3.8, 4) is 0 Å². The van der Waals surface area contributed by atoms with Gasteiger partial charge in [-0.15, -0.1) is 0 Å². The Morgan fingerprint density at radius 1 is 0.952 bits per heavy atom. The molecule has 2 nitrogen and oxygen atoms in total. The van der Waals surface area contributed by atoms with E-state index in [-0.39, 0.29) is 0 Å². The van der Waals surface area contributed by atoms with Crippen LogP contribution in [0, 0.1) is 11.8 Å². The molecule has 0 bridgehead atoms. The van der Waals surface area contributed by atoms with E-state index in [1.807, 2.05) is 0 Å². The molecule has 0 radical (unpaired) electrons. The van der Waals surface area contributed by atoms with Crippen LogP contribution in [0.15, 0.2) is 0 Å². The van der Waals surface area contributed by atoms with Crippen molar-refractivity contribution >= 4 is 0 Å². The van der Waals surface area contributed by atoms with E-state index in [1.54, 1.807) is 0 Å². The normalized spacial score (nSPS) is 23.4. The molecule has 2 heteroatoms. The Labute approximate surface area is 134 Å². The minimum absolute atomic E-state index is 0.734. The van der Waals surface area contributed by atoms with Crippen LogP contribution in [0.2, 0.25) is 0 Å². The van der Waals surface area contributed by atoms with Crippen LogP contribution in [0.4, 0.5) is 0 Å². The summed E-state index contributed by atoms with van der Waals surface area (Å²) in [6.07, 6.45) is 9.56. The van der Waals surface area contributed by atoms with E-state index in [0.717, 1.165) is 23.9 Å². The first kappa shape index (κ1) is 19.0. The summed E-state index contributed by atoms with van der Waals surface area (Å²) >= 11 is 0. The second-order valence-corrected chi connectivity index (χ2v) is 7.81. The van der Waals surface area contributed by atoms with Crippen molar-refractivity contribution in [2.75, 3.05) is 19.6 Å². The maximum atomic E-state index is 3.84. The lowest BCUT2D eigenvalue weighted by molar-refractivity contribution is 0.110. The van der Waals surface area contributed by atoms with Crippen molar-refractivity contribution in [3.63, 3.8) is 0 Å². The number of nitrogens with one attached hydrogen (secondary N) is 1. The van der Waals surface area contributed by atoms with Crippen molar-refractivity contribution in [1.82, 2.24) is 10.2 Å². The van der Waals surface area contributed by atoms with E-state index in [1.165, 1.54) is 64.6 Å². The highest BCUT2D eigenvalue weighted by Gasteiger charge is 2.29. The van der Waals surface area contributed by atoms with E-state index in [2.05, 4.69) is 44.8 Å². The standard InChI is InChI=1S/C19H40N2/c1-6-13-20-18-9-7-8-10-19(18)21(14-11-16(2)3)15-12-17(4)5/h16-20H,6-15H2,1-5H3. The van der Waals surface area contributed by atoms with Gasteiger partial charge in [0.25, 0.3) is 0 Å². The minimum Gasteiger partial charge on any atom is -0.312 e. The second-order valence-electron chi connectivity index (χ2n) is 7.81. The van der Waals surface area contributed by atoms with Crippen LogP contribution >= 0.6 is 0 Å². The molecule has 21 heavy (non-hydrogen) atoms. The van der Waals surface area contributed by atoms with Gasteiger partial charge in [0.2, 0.25) is 0 Å². The highest BCUT2D eigenvalue weighted by Crippen LogP contribution is 2.25. The van der Waals surface area contributed by atoms with E-state index < -0.39 is 0 Å². The highest BCUT2D eigenvalue weighted by atomic mass is 15.2. The predicted molar refractivity (Wildman–Crippen MR) is 94.8 cm³/mol. The van der Waals surface area contributed by atoms with Crippen molar-refractivity contribution in [2.45, 2.75) is 91.6 Å². The average Bonchev–Trinajstić information content (AvgIpc) is 2.45. The van der Waals surface area contributed by atoms with Crippen LogP contribution in [0.1, 0.15) is 79.6 Å². The Kier molecular flexibility index (Phi) is 9.59. The van der Waals surface area contributed by atoms with Gasteiger partial charge < -0.3 is 5.32 Å². The number of hydrogen-bond acceptors (Lipinski definition) is 2. The van der Waals surface area contributed by atoms with Gasteiger partial charge >= 0.3 is 0 Å². The van der Waals surface area contributed by atoms with Crippen LogP contribution in [0.25, 0.3) is 0 Å². The summed E-state index contributed by atoms with van der Waals surface area (Å²) in [5, 5.41) is 3.84. The number of nitrogens with zero attached hydrogens (tertiary/aromatic N) is 1. The molecule has 1 aliphatic rings. The average molecular weight is 297 g/mol. The summed E-state index contributed by atoms with van der Waals surface area (Å²) in [4.78, 5) is 2.83. The van der Waals surface area contributed by atoms with Gasteiger partial charge in [-0.2, -0.15) is 0 Å². The van der Waals surface area contributed by atoms with Crippen LogP contribution in [0.3, 0.4) is 0 Å². The lowest BCUT2D eigenvalue weighted by Crippen LogP contribution is -2.52. The quantitative estimate of drug-likeness (QED) is 0.629. The van der Waals surface area contributed by atoms with Gasteiger partial charge in [-0.3, -0.25) is 4.90 Å². The summed E-state index contributed by atoms with van der Waals surface area (Å²) < 4.78 is 0. The van der Waals surface area contributed by atoms with E-state index >= 15 is 0 Å². The fourth-order valence-electron chi connectivity index (χ4n) is 3.41. The maximum Gasteiger partial charge on any atom is 0.0249 e. The summed E-state index contributed by atoms with van der Waals surface area (Å²) in [7, 11) is 0. The topological polar surface area (TPSA) is 15.3 Å². The minimum atomic E-state index is 0.734. The fourth-order valence-corrected chi connectivity index (χ4v) is 3.41. The number of rotatable bonds is 10. The molecule has 1 N–H and O–H groups in total. The third-order valence-electron chi connectivity index (χ3n) is 4.84. The van der Waals surface area contributed by atoms with Gasteiger partial charge in [0, 0.05) is 12.1 Å². The highest BCUT2D eigenvalue weighted by molar-refractivity contribution is 4.88. The Bertz CT molecular complexity index is 238. The zero-order valence-electron chi connectivity index (χ0n) is 15.3. The van der Waals surface area contributed by atoms with E-state index in [4.69, 9.17) is 0 Å². The van der Waals surface area contributed by atoms with Crippen molar-refractivity contribution in [3.05, 3.63) is 0 Å². The van der Waals surface area contributed by atoms with Crippen LogP contribution < -0.4 is 5.32 Å². The molecule has 0 aliphatic heterocycles. The lowest BCUT2D eigenvalue weighted by atomic mass is 9.88. The molecule has 0 heterocycles. The van der Waals surface area contributed by atoms with E-state index in [0.29, 0.717) is 0 Å². The Hall–Kier alpha value is -0.0800. The largest absolute Gasteiger partial charge is 0.312 e. The van der Waals surface area contributed by atoms with E-state index in [9.17, 15) is 0 Å². The maximum absolute atomic E-state index is 3.84. The van der Waals surface area contributed by atoms with Gasteiger partial charge in [0.1, 0.15) is 0 Å². The van der Waals surface area contributed by atoms with Gasteiger partial charge in [0.05, 0.1) is 0 Å². The molecule has 1 saturated carbocycles. The van der Waals surface area contributed by atoms with Gasteiger partial charge in [-0.1, -0.05) is 47.5 Å². The summed E-state index contributed by atoms with van der Waals surface area (Å²) in [6, 6.07) is 1.51. The molecule has 2 unspecified atom stereocenters. The van der Waals surface area contributed by atoms with Gasteiger partial charge in [-0.25, -0.2) is 0 Å². The second kappa shape index (κ2) is 10.6. The smallest absolute Gasteiger partial charge is 0.0249 e. The first-order valence-corrected chi connectivity index (χ1v) is 9.52. The Morgan fingerprint density at radius 3 is 2.05 bits per heavy atom. The fraction of sp³-hybridized carbons (Fsp3) is 1.00. The van der Waals surface area contributed by atoms with Crippen LogP contribution in [0.5, 0.6) is 0 Å². The predicted octanol–water partition coefficient (Wildman–Crippen LogP) is 4.69. The molecule has 2 atom stereocenters. The Morgan fingerprint density at radius 2 is 1.52 bits per heavy atom. The SMILES string of the molecule is CCCNC1CCCCC1N(CCC(C)C)CCC(C)C. The number of hydrogen-bond donors (Lipinski definition) is 1. The lowest BCUT2D eigenvalue weighted by Gasteiger charge is -2.41.